The van der Waals surface area contributed by atoms with Crippen LogP contribution in [0.15, 0.2) is 42.5 Å². The maximum Gasteiger partial charge on any atom is 0.335 e. The topological polar surface area (TPSA) is 113 Å². The molecule has 8 heteroatoms. The molecule has 0 amide bonds. The van der Waals surface area contributed by atoms with Gasteiger partial charge in [-0.25, -0.2) is 4.79 Å². The van der Waals surface area contributed by atoms with E-state index in [1.165, 1.54) is 12.2 Å². The van der Waals surface area contributed by atoms with Gasteiger partial charge < -0.3 is 4.74 Å². The second kappa shape index (κ2) is 11.0. The molecular formula is C18H24N2O6. The van der Waals surface area contributed by atoms with Crippen LogP contribution in [0.5, 0.6) is 5.75 Å². The van der Waals surface area contributed by atoms with E-state index in [4.69, 9.17) is 4.74 Å². The number of nitro groups is 2. The molecule has 0 saturated heterocycles. The normalized spacial score (nSPS) is 14.5. The van der Waals surface area contributed by atoms with Crippen LogP contribution in [-0.2, 0) is 4.79 Å². The van der Waals surface area contributed by atoms with E-state index >= 15 is 0 Å². The standard InChI is InChI=1S/C18H24N2O6/c1-3-8-15(19(22)23)13-17(20(24)25)14(2)9-7-12-18(21)26-16-10-5-4-6-11-16/h4-7,10-12,14-15,17H,3,8-9,13H2,1-2H3/b12-7+. The molecule has 0 spiro atoms. The van der Waals surface area contributed by atoms with E-state index in [1.807, 2.05) is 6.92 Å². The predicted octanol–water partition coefficient (Wildman–Crippen LogP) is 3.66. The van der Waals surface area contributed by atoms with Gasteiger partial charge in [0.1, 0.15) is 5.75 Å². The van der Waals surface area contributed by atoms with Crippen LogP contribution < -0.4 is 4.74 Å². The van der Waals surface area contributed by atoms with E-state index in [-0.39, 0.29) is 12.8 Å². The quantitative estimate of drug-likeness (QED) is 0.195. The third kappa shape index (κ3) is 7.42. The zero-order chi connectivity index (χ0) is 19.5. The van der Waals surface area contributed by atoms with Gasteiger partial charge in [-0.1, -0.05) is 38.1 Å². The Morgan fingerprint density at radius 2 is 1.85 bits per heavy atom. The molecule has 0 heterocycles. The van der Waals surface area contributed by atoms with Crippen molar-refractivity contribution in [1.29, 1.82) is 0 Å². The molecule has 3 atom stereocenters. The minimum atomic E-state index is -1.04. The van der Waals surface area contributed by atoms with Crippen molar-refractivity contribution in [3.63, 3.8) is 0 Å². The highest BCUT2D eigenvalue weighted by Crippen LogP contribution is 2.20. The van der Waals surface area contributed by atoms with Crippen LogP contribution in [-0.4, -0.2) is 27.9 Å². The maximum absolute atomic E-state index is 11.7. The van der Waals surface area contributed by atoms with Crippen LogP contribution in [0.3, 0.4) is 0 Å². The average molecular weight is 364 g/mol. The molecule has 142 valence electrons. The minimum absolute atomic E-state index is 0.114. The molecule has 1 rings (SSSR count). The highest BCUT2D eigenvalue weighted by molar-refractivity contribution is 5.83. The van der Waals surface area contributed by atoms with Gasteiger partial charge in [-0.2, -0.15) is 0 Å². The molecule has 0 saturated carbocycles. The van der Waals surface area contributed by atoms with E-state index in [0.717, 1.165) is 0 Å². The molecule has 0 aromatic heterocycles. The SMILES string of the molecule is CCCC(CC(C(C)C/C=C/C(=O)Oc1ccccc1)[N+](=O)[O-])[N+](=O)[O-]. The van der Waals surface area contributed by atoms with E-state index in [0.29, 0.717) is 18.6 Å². The summed E-state index contributed by atoms with van der Waals surface area (Å²) in [6.45, 7) is 3.46. The van der Waals surface area contributed by atoms with Gasteiger partial charge in [0.15, 0.2) is 0 Å². The summed E-state index contributed by atoms with van der Waals surface area (Å²) in [6, 6.07) is 6.58. The van der Waals surface area contributed by atoms with Gasteiger partial charge in [0.25, 0.3) is 0 Å². The smallest absolute Gasteiger partial charge is 0.335 e. The summed E-state index contributed by atoms with van der Waals surface area (Å²) in [6.07, 6.45) is 3.77. The minimum Gasteiger partial charge on any atom is -0.423 e. The van der Waals surface area contributed by atoms with Crippen molar-refractivity contribution in [2.24, 2.45) is 5.92 Å². The van der Waals surface area contributed by atoms with Gasteiger partial charge >= 0.3 is 5.97 Å². The Kier molecular flexibility index (Phi) is 8.97. The third-order valence-electron chi connectivity index (χ3n) is 4.08. The molecule has 3 unspecified atom stereocenters. The molecule has 0 radical (unpaired) electrons. The van der Waals surface area contributed by atoms with Gasteiger partial charge in [0, 0.05) is 28.3 Å². The zero-order valence-corrected chi connectivity index (χ0v) is 14.9. The number of hydrogen-bond donors (Lipinski definition) is 0. The summed E-state index contributed by atoms with van der Waals surface area (Å²) in [5, 5.41) is 22.4. The van der Waals surface area contributed by atoms with Gasteiger partial charge in [-0.15, -0.1) is 0 Å². The lowest BCUT2D eigenvalue weighted by atomic mass is 9.91. The summed E-state index contributed by atoms with van der Waals surface area (Å²) >= 11 is 0. The monoisotopic (exact) mass is 364 g/mol. The first-order chi connectivity index (χ1) is 12.3. The van der Waals surface area contributed by atoms with Crippen LogP contribution in [0.25, 0.3) is 0 Å². The lowest BCUT2D eigenvalue weighted by Gasteiger charge is -2.17. The van der Waals surface area contributed by atoms with Crippen molar-refractivity contribution in [1.82, 2.24) is 0 Å². The fourth-order valence-corrected chi connectivity index (χ4v) is 2.62. The van der Waals surface area contributed by atoms with Crippen molar-refractivity contribution < 1.29 is 19.4 Å². The van der Waals surface area contributed by atoms with Crippen LogP contribution in [0.1, 0.15) is 39.5 Å². The van der Waals surface area contributed by atoms with Crippen molar-refractivity contribution in [3.05, 3.63) is 62.7 Å². The second-order valence-corrected chi connectivity index (χ2v) is 6.17. The number of allylic oxidation sites excluding steroid dienone is 1. The Hall–Kier alpha value is -2.77. The number of para-hydroxylation sites is 1. The van der Waals surface area contributed by atoms with Crippen LogP contribution in [0.2, 0.25) is 0 Å². The van der Waals surface area contributed by atoms with Crippen LogP contribution in [0.4, 0.5) is 0 Å². The number of esters is 1. The summed E-state index contributed by atoms with van der Waals surface area (Å²) in [4.78, 5) is 33.2. The third-order valence-corrected chi connectivity index (χ3v) is 4.08. The number of rotatable bonds is 11. The first kappa shape index (κ1) is 21.3. The average Bonchev–Trinajstić information content (AvgIpc) is 2.58. The van der Waals surface area contributed by atoms with Crippen molar-refractivity contribution in [2.45, 2.75) is 51.6 Å². The fraction of sp³-hybridized carbons (Fsp3) is 0.500. The molecular weight excluding hydrogens is 340 g/mol. The van der Waals surface area contributed by atoms with E-state index in [2.05, 4.69) is 0 Å². The summed E-state index contributed by atoms with van der Waals surface area (Å²) in [7, 11) is 0. The molecule has 8 nitrogen and oxygen atoms in total. The fourth-order valence-electron chi connectivity index (χ4n) is 2.62. The van der Waals surface area contributed by atoms with Gasteiger partial charge in [0.2, 0.25) is 12.1 Å². The number of carbonyl (C=O) groups is 1. The number of hydrogen-bond acceptors (Lipinski definition) is 6. The molecule has 1 aromatic carbocycles. The van der Waals surface area contributed by atoms with E-state index < -0.39 is 33.8 Å². The summed E-state index contributed by atoms with van der Waals surface area (Å²) in [5.74, 6) is -0.605. The molecule has 0 aliphatic carbocycles. The van der Waals surface area contributed by atoms with E-state index in [1.54, 1.807) is 37.3 Å². The van der Waals surface area contributed by atoms with Crippen LogP contribution in [0, 0.1) is 26.1 Å². The molecule has 26 heavy (non-hydrogen) atoms. The molecule has 0 bridgehead atoms. The molecule has 0 N–H and O–H groups in total. The van der Waals surface area contributed by atoms with Gasteiger partial charge in [-0.05, 0) is 25.0 Å². The molecule has 0 aliphatic heterocycles. The lowest BCUT2D eigenvalue weighted by Crippen LogP contribution is -2.34. The Morgan fingerprint density at radius 3 is 2.38 bits per heavy atom. The first-order valence-corrected chi connectivity index (χ1v) is 8.55. The highest BCUT2D eigenvalue weighted by Gasteiger charge is 2.35. The number of carbonyl (C=O) groups excluding carboxylic acids is 1. The number of nitrogens with zero attached hydrogens (tertiary/aromatic N) is 2. The van der Waals surface area contributed by atoms with Gasteiger partial charge in [-0.3, -0.25) is 20.2 Å². The van der Waals surface area contributed by atoms with Crippen LogP contribution >= 0.6 is 0 Å². The van der Waals surface area contributed by atoms with Crippen molar-refractivity contribution >= 4 is 5.97 Å². The lowest BCUT2D eigenvalue weighted by molar-refractivity contribution is -0.566. The number of benzene rings is 1. The number of ether oxygens (including phenoxy) is 1. The Balaban J connectivity index is 2.60. The van der Waals surface area contributed by atoms with Gasteiger partial charge in [0.05, 0.1) is 6.42 Å². The predicted molar refractivity (Wildman–Crippen MR) is 96.1 cm³/mol. The Morgan fingerprint density at radius 1 is 1.19 bits per heavy atom. The largest absolute Gasteiger partial charge is 0.423 e. The summed E-state index contributed by atoms with van der Waals surface area (Å²) in [5.41, 5.74) is 0. The van der Waals surface area contributed by atoms with E-state index in [9.17, 15) is 25.0 Å². The molecule has 0 fully saturated rings. The second-order valence-electron chi connectivity index (χ2n) is 6.17. The zero-order valence-electron chi connectivity index (χ0n) is 14.9. The Labute approximate surface area is 152 Å². The summed E-state index contributed by atoms with van der Waals surface area (Å²) < 4.78 is 5.08. The first-order valence-electron chi connectivity index (χ1n) is 8.55. The highest BCUT2D eigenvalue weighted by atomic mass is 16.6. The Bertz CT molecular complexity index is 632. The molecule has 1 aromatic rings. The maximum atomic E-state index is 11.7. The van der Waals surface area contributed by atoms with Crippen molar-refractivity contribution in [2.75, 3.05) is 0 Å². The van der Waals surface area contributed by atoms with Crippen molar-refractivity contribution in [3.8, 4) is 5.75 Å². The molecule has 0 aliphatic rings.